The minimum atomic E-state index is -0.547. The van der Waals surface area contributed by atoms with Crippen LogP contribution in [0, 0.1) is 0 Å². The lowest BCUT2D eigenvalue weighted by atomic mass is 10.1. The third-order valence-electron chi connectivity index (χ3n) is 13.2. The van der Waals surface area contributed by atoms with Gasteiger partial charge < -0.3 is 14.2 Å². The smallest absolute Gasteiger partial charge is 0.306 e. The first-order valence-electron chi connectivity index (χ1n) is 30.5. The highest BCUT2D eigenvalue weighted by Crippen LogP contribution is 2.15. The van der Waals surface area contributed by atoms with Crippen LogP contribution in [0.25, 0.3) is 0 Å². The van der Waals surface area contributed by atoms with E-state index in [1.807, 2.05) is 0 Å². The van der Waals surface area contributed by atoms with E-state index in [4.69, 9.17) is 14.2 Å². The van der Waals surface area contributed by atoms with Crippen LogP contribution >= 0.6 is 0 Å². The van der Waals surface area contributed by atoms with E-state index in [9.17, 15) is 9.59 Å². The number of esters is 2. The fraction of sp³-hybridized carbons (Fsp3) is 0.785. The summed E-state index contributed by atoms with van der Waals surface area (Å²) in [5.74, 6) is -0.400. The topological polar surface area (TPSA) is 61.8 Å². The lowest BCUT2D eigenvalue weighted by Gasteiger charge is -2.18. The van der Waals surface area contributed by atoms with Gasteiger partial charge in [0.15, 0.2) is 6.10 Å². The molecule has 0 aromatic heterocycles. The Labute approximate surface area is 436 Å². The largest absolute Gasteiger partial charge is 0.462 e. The first kappa shape index (κ1) is 67.3. The maximum absolute atomic E-state index is 12.9. The summed E-state index contributed by atoms with van der Waals surface area (Å²) in [4.78, 5) is 25.6. The molecule has 406 valence electrons. The second kappa shape index (κ2) is 60.6. The van der Waals surface area contributed by atoms with Gasteiger partial charge in [-0.15, -0.1) is 0 Å². The zero-order chi connectivity index (χ0) is 50.6. The zero-order valence-electron chi connectivity index (χ0n) is 46.8. The fourth-order valence-corrected chi connectivity index (χ4v) is 8.67. The van der Waals surface area contributed by atoms with Crippen LogP contribution in [-0.4, -0.2) is 37.9 Å². The van der Waals surface area contributed by atoms with Crippen molar-refractivity contribution < 1.29 is 23.8 Å². The molecule has 0 saturated carbocycles. The second-order valence-electron chi connectivity index (χ2n) is 20.2. The van der Waals surface area contributed by atoms with Gasteiger partial charge in [0.1, 0.15) is 6.61 Å². The van der Waals surface area contributed by atoms with Gasteiger partial charge in [-0.2, -0.15) is 0 Å². The number of ether oxygens (including phenoxy) is 3. The zero-order valence-corrected chi connectivity index (χ0v) is 46.8. The summed E-state index contributed by atoms with van der Waals surface area (Å²) in [6.07, 6.45) is 79.3. The van der Waals surface area contributed by atoms with Gasteiger partial charge in [0.05, 0.1) is 6.61 Å². The molecule has 0 aromatic carbocycles. The summed E-state index contributed by atoms with van der Waals surface area (Å²) in [6, 6.07) is 0. The van der Waals surface area contributed by atoms with Gasteiger partial charge in [-0.05, 0) is 109 Å². The minimum absolute atomic E-state index is 0.0779. The summed E-state index contributed by atoms with van der Waals surface area (Å²) in [5.41, 5.74) is 0. The highest BCUT2D eigenvalue weighted by molar-refractivity contribution is 5.70. The van der Waals surface area contributed by atoms with Crippen LogP contribution in [0.5, 0.6) is 0 Å². The summed E-state index contributed by atoms with van der Waals surface area (Å²) in [7, 11) is 0. The monoisotopic (exact) mass is 977 g/mol. The van der Waals surface area contributed by atoms with Gasteiger partial charge >= 0.3 is 11.9 Å². The van der Waals surface area contributed by atoms with Crippen LogP contribution < -0.4 is 0 Å². The van der Waals surface area contributed by atoms with E-state index in [-0.39, 0.29) is 25.2 Å². The molecule has 0 spiro atoms. The molecule has 0 amide bonds. The van der Waals surface area contributed by atoms with Crippen LogP contribution in [0.1, 0.15) is 303 Å². The molecule has 0 rings (SSSR count). The van der Waals surface area contributed by atoms with Crippen molar-refractivity contribution in [3.8, 4) is 0 Å². The first-order valence-corrected chi connectivity index (χ1v) is 30.5. The van der Waals surface area contributed by atoms with Gasteiger partial charge in [-0.3, -0.25) is 9.59 Å². The maximum atomic E-state index is 12.9. The molecule has 0 heterocycles. The van der Waals surface area contributed by atoms with Crippen molar-refractivity contribution in [3.63, 3.8) is 0 Å². The van der Waals surface area contributed by atoms with Crippen molar-refractivity contribution in [2.75, 3.05) is 19.8 Å². The molecule has 70 heavy (non-hydrogen) atoms. The molecule has 0 N–H and O–H groups in total. The Kier molecular flexibility index (Phi) is 58.3. The van der Waals surface area contributed by atoms with Crippen LogP contribution in [-0.2, 0) is 23.8 Å². The Morgan fingerprint density at radius 1 is 0.329 bits per heavy atom. The van der Waals surface area contributed by atoms with E-state index in [1.54, 1.807) is 0 Å². The minimum Gasteiger partial charge on any atom is -0.462 e. The van der Waals surface area contributed by atoms with Gasteiger partial charge in [0.25, 0.3) is 0 Å². The van der Waals surface area contributed by atoms with E-state index in [0.29, 0.717) is 19.4 Å². The number of hydrogen-bond donors (Lipinski definition) is 0. The predicted octanol–water partition coefficient (Wildman–Crippen LogP) is 21.0. The Bertz CT molecular complexity index is 1240. The first-order chi connectivity index (χ1) is 34.6. The number of carbonyl (C=O) groups excluding carboxylic acids is 2. The van der Waals surface area contributed by atoms with Gasteiger partial charge in [-0.25, -0.2) is 0 Å². The van der Waals surface area contributed by atoms with Crippen LogP contribution in [0.4, 0.5) is 0 Å². The predicted molar refractivity (Wildman–Crippen MR) is 307 cm³/mol. The molecule has 5 nitrogen and oxygen atoms in total. The lowest BCUT2D eigenvalue weighted by Crippen LogP contribution is -2.30. The van der Waals surface area contributed by atoms with E-state index < -0.39 is 6.10 Å². The molecule has 0 saturated heterocycles. The van der Waals surface area contributed by atoms with Gasteiger partial charge in [0, 0.05) is 19.4 Å². The molecule has 5 heteroatoms. The SMILES string of the molecule is CC/C=C\C/C=C\C/C=C\CCCCCCCCCCOCC(COC(=O)CCCCCCCCCCC/C=C\C/C=C\CCCCC)OC(=O)CCCCCCCCC/C=C\CCCCCCCC. The third-order valence-corrected chi connectivity index (χ3v) is 13.2. The van der Waals surface area contributed by atoms with E-state index in [2.05, 4.69) is 93.7 Å². The van der Waals surface area contributed by atoms with Crippen molar-refractivity contribution in [3.05, 3.63) is 72.9 Å². The highest BCUT2D eigenvalue weighted by Gasteiger charge is 2.17. The second-order valence-corrected chi connectivity index (χ2v) is 20.2. The summed E-state index contributed by atoms with van der Waals surface area (Å²) >= 11 is 0. The Morgan fingerprint density at radius 2 is 0.643 bits per heavy atom. The third kappa shape index (κ3) is 57.9. The molecule has 0 radical (unpaired) electrons. The lowest BCUT2D eigenvalue weighted by molar-refractivity contribution is -0.163. The Hall–Kier alpha value is -2.66. The standard InChI is InChI=1S/C65H116O5/c1-4-7-10-13-16-19-22-25-28-31-33-35-37-40-43-46-49-52-55-58-64(66)69-62-63(61-68-60-57-54-51-48-45-42-39-36-32-29-26-23-20-17-14-11-8-5-2)70-65(67)59-56-53-50-47-44-41-38-34-30-27-24-21-18-15-12-9-6-3/h8,11,16-17,19-20,25-30,63H,4-7,9-10,12-15,18,21-24,31-62H2,1-3H3/b11-8-,19-16-,20-17-,28-25-,29-26-,30-27-. The average molecular weight is 978 g/mol. The number of allylic oxidation sites excluding steroid dienone is 12. The van der Waals surface area contributed by atoms with Gasteiger partial charge in [-0.1, -0.05) is 254 Å². The molecular weight excluding hydrogens is 861 g/mol. The number of unbranched alkanes of at least 4 members (excludes halogenated alkanes) is 33. The van der Waals surface area contributed by atoms with Crippen molar-refractivity contribution in [1.29, 1.82) is 0 Å². The summed E-state index contributed by atoms with van der Waals surface area (Å²) in [6.45, 7) is 7.71. The van der Waals surface area contributed by atoms with Crippen molar-refractivity contribution >= 4 is 11.9 Å². The number of hydrogen-bond acceptors (Lipinski definition) is 5. The molecule has 0 fully saturated rings. The molecule has 0 aliphatic carbocycles. The van der Waals surface area contributed by atoms with Crippen molar-refractivity contribution in [2.24, 2.45) is 0 Å². The molecule has 0 aliphatic heterocycles. The number of carbonyl (C=O) groups is 2. The van der Waals surface area contributed by atoms with E-state index in [1.165, 1.54) is 199 Å². The van der Waals surface area contributed by atoms with Gasteiger partial charge in [0.2, 0.25) is 0 Å². The highest BCUT2D eigenvalue weighted by atomic mass is 16.6. The molecule has 0 aromatic rings. The quantitative estimate of drug-likeness (QED) is 0.0345. The van der Waals surface area contributed by atoms with Crippen LogP contribution in [0.15, 0.2) is 72.9 Å². The van der Waals surface area contributed by atoms with E-state index in [0.717, 1.165) is 70.6 Å². The molecular formula is C65H116O5. The Morgan fingerprint density at radius 3 is 1.07 bits per heavy atom. The molecule has 1 unspecified atom stereocenters. The van der Waals surface area contributed by atoms with Crippen molar-refractivity contribution in [1.82, 2.24) is 0 Å². The molecule has 0 aliphatic rings. The maximum Gasteiger partial charge on any atom is 0.306 e. The molecule has 0 bridgehead atoms. The summed E-state index contributed by atoms with van der Waals surface area (Å²) in [5, 5.41) is 0. The average Bonchev–Trinajstić information content (AvgIpc) is 3.36. The summed E-state index contributed by atoms with van der Waals surface area (Å²) < 4.78 is 17.5. The fourth-order valence-electron chi connectivity index (χ4n) is 8.67. The number of rotatable bonds is 56. The van der Waals surface area contributed by atoms with Crippen LogP contribution in [0.2, 0.25) is 0 Å². The Balaban J connectivity index is 4.29. The normalized spacial score (nSPS) is 12.7. The molecule has 1 atom stereocenters. The van der Waals surface area contributed by atoms with E-state index >= 15 is 0 Å². The van der Waals surface area contributed by atoms with Crippen LogP contribution in [0.3, 0.4) is 0 Å². The van der Waals surface area contributed by atoms with Crippen molar-refractivity contribution in [2.45, 2.75) is 309 Å².